The van der Waals surface area contributed by atoms with Crippen LogP contribution in [0.4, 0.5) is 0 Å². The number of aromatic nitrogens is 2. The summed E-state index contributed by atoms with van der Waals surface area (Å²) in [4.78, 5) is 8.39. The van der Waals surface area contributed by atoms with Gasteiger partial charge in [0, 0.05) is 11.8 Å². The summed E-state index contributed by atoms with van der Waals surface area (Å²) in [6.45, 7) is 0. The molecule has 0 saturated heterocycles. The Morgan fingerprint density at radius 3 is 2.53 bits per heavy atom. The van der Waals surface area contributed by atoms with Crippen molar-refractivity contribution in [1.29, 1.82) is 0 Å². The van der Waals surface area contributed by atoms with Gasteiger partial charge in [-0.05, 0) is 11.8 Å². The maximum absolute atomic E-state index is 6.08. The molecule has 0 saturated carbocycles. The second kappa shape index (κ2) is 4.64. The summed E-state index contributed by atoms with van der Waals surface area (Å²) in [6.07, 6.45) is 3.68. The highest BCUT2D eigenvalue weighted by molar-refractivity contribution is 7.98. The van der Waals surface area contributed by atoms with Gasteiger partial charge in [-0.1, -0.05) is 53.7 Å². The van der Waals surface area contributed by atoms with Gasteiger partial charge < -0.3 is 0 Å². The molecule has 0 atom stereocenters. The molecule has 4 heteroatoms. The average Bonchev–Trinajstić information content (AvgIpc) is 2.30. The highest BCUT2D eigenvalue weighted by Crippen LogP contribution is 2.26. The number of nitrogens with zero attached hydrogens (tertiary/aromatic N) is 2. The van der Waals surface area contributed by atoms with Gasteiger partial charge in [-0.2, -0.15) is 0 Å². The Labute approximate surface area is 97.7 Å². The van der Waals surface area contributed by atoms with Crippen LogP contribution in [0.25, 0.3) is 11.1 Å². The van der Waals surface area contributed by atoms with Gasteiger partial charge in [0.25, 0.3) is 0 Å². The van der Waals surface area contributed by atoms with Crippen molar-refractivity contribution in [3.05, 3.63) is 41.7 Å². The molecular weight excluding hydrogens is 228 g/mol. The van der Waals surface area contributed by atoms with Gasteiger partial charge in [0.2, 0.25) is 0 Å². The van der Waals surface area contributed by atoms with Gasteiger partial charge in [0.1, 0.15) is 5.15 Å². The van der Waals surface area contributed by atoms with Gasteiger partial charge >= 0.3 is 0 Å². The molecule has 0 amide bonds. The Morgan fingerprint density at radius 2 is 1.93 bits per heavy atom. The van der Waals surface area contributed by atoms with Crippen LogP contribution in [0, 0.1) is 0 Å². The zero-order valence-corrected chi connectivity index (χ0v) is 9.72. The zero-order valence-electron chi connectivity index (χ0n) is 8.14. The maximum atomic E-state index is 6.08. The van der Waals surface area contributed by atoms with E-state index in [4.69, 9.17) is 11.6 Å². The van der Waals surface area contributed by atoms with Crippen LogP contribution in [0.3, 0.4) is 0 Å². The Hall–Kier alpha value is -1.06. The number of halogens is 1. The molecule has 0 fully saturated rings. The van der Waals surface area contributed by atoms with Crippen LogP contribution < -0.4 is 0 Å². The molecule has 2 nitrogen and oxygen atoms in total. The van der Waals surface area contributed by atoms with Gasteiger partial charge in [0.15, 0.2) is 5.16 Å². The number of rotatable bonds is 2. The lowest BCUT2D eigenvalue weighted by atomic mass is 10.1. The lowest BCUT2D eigenvalue weighted by molar-refractivity contribution is 0.974. The van der Waals surface area contributed by atoms with E-state index in [-0.39, 0.29) is 0 Å². The molecule has 1 heterocycles. The molecule has 0 aliphatic rings. The van der Waals surface area contributed by atoms with E-state index in [1.54, 1.807) is 6.20 Å². The Balaban J connectivity index is 2.46. The maximum Gasteiger partial charge on any atom is 0.188 e. The first-order valence-electron chi connectivity index (χ1n) is 4.43. The van der Waals surface area contributed by atoms with Gasteiger partial charge in [-0.3, -0.25) is 0 Å². The molecule has 0 radical (unpaired) electrons. The van der Waals surface area contributed by atoms with E-state index >= 15 is 0 Å². The summed E-state index contributed by atoms with van der Waals surface area (Å²) < 4.78 is 0. The first kappa shape index (κ1) is 10.5. The van der Waals surface area contributed by atoms with Crippen molar-refractivity contribution in [3.8, 4) is 11.1 Å². The summed E-state index contributed by atoms with van der Waals surface area (Å²) in [5, 5.41) is 1.19. The summed E-state index contributed by atoms with van der Waals surface area (Å²) in [5.41, 5.74) is 1.91. The highest BCUT2D eigenvalue weighted by Gasteiger charge is 2.05. The van der Waals surface area contributed by atoms with Crippen molar-refractivity contribution < 1.29 is 0 Å². The minimum atomic E-state index is 0.501. The van der Waals surface area contributed by atoms with E-state index in [9.17, 15) is 0 Å². The van der Waals surface area contributed by atoms with Gasteiger partial charge in [-0.15, -0.1) is 0 Å². The lowest BCUT2D eigenvalue weighted by Crippen LogP contribution is -1.89. The molecule has 2 rings (SSSR count). The molecule has 0 bridgehead atoms. The van der Waals surface area contributed by atoms with Crippen LogP contribution in [0.1, 0.15) is 0 Å². The Morgan fingerprint density at radius 1 is 1.20 bits per heavy atom. The predicted molar refractivity (Wildman–Crippen MR) is 64.3 cm³/mol. The number of benzene rings is 1. The van der Waals surface area contributed by atoms with E-state index in [2.05, 4.69) is 9.97 Å². The van der Waals surface area contributed by atoms with Crippen molar-refractivity contribution in [3.63, 3.8) is 0 Å². The van der Waals surface area contributed by atoms with Crippen LogP contribution in [-0.2, 0) is 0 Å². The minimum Gasteiger partial charge on any atom is -0.230 e. The average molecular weight is 237 g/mol. The number of hydrogen-bond acceptors (Lipinski definition) is 3. The molecule has 0 N–H and O–H groups in total. The molecule has 1 aromatic carbocycles. The third-order valence-electron chi connectivity index (χ3n) is 1.99. The smallest absolute Gasteiger partial charge is 0.188 e. The number of hydrogen-bond donors (Lipinski definition) is 0. The van der Waals surface area contributed by atoms with E-state index < -0.39 is 0 Å². The molecule has 0 unspecified atom stereocenters. The molecule has 0 spiro atoms. The third-order valence-corrected chi connectivity index (χ3v) is 2.84. The van der Waals surface area contributed by atoms with Crippen molar-refractivity contribution in [2.24, 2.45) is 0 Å². The standard InChI is InChI=1S/C11H9ClN2S/c1-15-11-13-7-9(10(12)14-11)8-5-3-2-4-6-8/h2-7H,1H3. The fourth-order valence-corrected chi connectivity index (χ4v) is 1.88. The Kier molecular flexibility index (Phi) is 3.23. The predicted octanol–water partition coefficient (Wildman–Crippen LogP) is 3.52. The van der Waals surface area contributed by atoms with Crippen molar-refractivity contribution in [2.45, 2.75) is 5.16 Å². The fourth-order valence-electron chi connectivity index (χ4n) is 1.26. The molecule has 1 aromatic heterocycles. The van der Waals surface area contributed by atoms with E-state index in [0.29, 0.717) is 10.3 Å². The highest BCUT2D eigenvalue weighted by atomic mass is 35.5. The Bertz CT molecular complexity index is 459. The first-order chi connectivity index (χ1) is 7.31. The first-order valence-corrected chi connectivity index (χ1v) is 6.03. The molecule has 0 aliphatic heterocycles. The summed E-state index contributed by atoms with van der Waals surface area (Å²) in [6, 6.07) is 9.88. The van der Waals surface area contributed by atoms with Crippen molar-refractivity contribution in [1.82, 2.24) is 9.97 Å². The fraction of sp³-hybridized carbons (Fsp3) is 0.0909. The quantitative estimate of drug-likeness (QED) is 0.453. The second-order valence-corrected chi connectivity index (χ2v) is 4.06. The van der Waals surface area contributed by atoms with Gasteiger partial charge in [0.05, 0.1) is 0 Å². The molecule has 2 aromatic rings. The largest absolute Gasteiger partial charge is 0.230 e. The van der Waals surface area contributed by atoms with E-state index in [1.807, 2.05) is 36.6 Å². The zero-order chi connectivity index (χ0) is 10.7. The van der Waals surface area contributed by atoms with Crippen molar-refractivity contribution >= 4 is 23.4 Å². The van der Waals surface area contributed by atoms with Crippen LogP contribution in [-0.4, -0.2) is 16.2 Å². The van der Waals surface area contributed by atoms with Crippen LogP contribution >= 0.6 is 23.4 Å². The summed E-state index contributed by atoms with van der Waals surface area (Å²) in [5.74, 6) is 0. The molecule has 76 valence electrons. The summed E-state index contributed by atoms with van der Waals surface area (Å²) >= 11 is 7.56. The minimum absolute atomic E-state index is 0.501. The lowest BCUT2D eigenvalue weighted by Gasteiger charge is -2.03. The molecule has 15 heavy (non-hydrogen) atoms. The normalized spacial score (nSPS) is 10.3. The number of thioether (sulfide) groups is 1. The van der Waals surface area contributed by atoms with Crippen LogP contribution in [0.2, 0.25) is 5.15 Å². The summed E-state index contributed by atoms with van der Waals surface area (Å²) in [7, 11) is 0. The van der Waals surface area contributed by atoms with E-state index in [0.717, 1.165) is 11.1 Å². The monoisotopic (exact) mass is 236 g/mol. The molecular formula is C11H9ClN2S. The van der Waals surface area contributed by atoms with Crippen LogP contribution in [0.15, 0.2) is 41.7 Å². The second-order valence-electron chi connectivity index (χ2n) is 2.93. The SMILES string of the molecule is CSc1ncc(-c2ccccc2)c(Cl)n1. The van der Waals surface area contributed by atoms with Gasteiger partial charge in [-0.25, -0.2) is 9.97 Å². The molecule has 0 aliphatic carbocycles. The topological polar surface area (TPSA) is 25.8 Å². The van der Waals surface area contributed by atoms with Crippen molar-refractivity contribution in [2.75, 3.05) is 6.26 Å². The van der Waals surface area contributed by atoms with E-state index in [1.165, 1.54) is 11.8 Å². The third kappa shape index (κ3) is 2.30. The van der Waals surface area contributed by atoms with Crippen LogP contribution in [0.5, 0.6) is 0 Å².